The Kier molecular flexibility index (Phi) is 27.5. The minimum absolute atomic E-state index is 0.0156. The summed E-state index contributed by atoms with van der Waals surface area (Å²) >= 11 is 0. The van der Waals surface area contributed by atoms with Crippen LogP contribution in [0, 0.1) is 17.8 Å². The SMILES string of the molecule is C[C@@H]1[C@H](O)[C@@H](C)/C=C/C=C/C=C/C=C/C=C/C=C/C=C/[C@H](O[C@@H]2O[C@H](C)[C@@H](O)[C@H](NC(=O)OCC3c4ccccc4-c4ccccc43)[C@@H]2O)C[C@@H]2O[C@](O)(C[C@@H](O)[C@H](O)CC[C@@H](O)C[C@@H](O)C[C@@H](O)CC(=O)O[C@H]1C)C[C@H](O)[C@H]2C(=O)NCCCO. The molecule has 3 heterocycles. The third-order valence-electron chi connectivity index (χ3n) is 16.3. The summed E-state index contributed by atoms with van der Waals surface area (Å²) in [5.41, 5.74) is 4.00. The molecule has 21 heteroatoms. The maximum atomic E-state index is 13.9. The van der Waals surface area contributed by atoms with E-state index in [0.29, 0.717) is 0 Å². The number of benzene rings is 2. The summed E-state index contributed by atoms with van der Waals surface area (Å²) in [6.45, 7) is 6.44. The Morgan fingerprint density at radius 1 is 0.651 bits per heavy atom. The van der Waals surface area contributed by atoms with Gasteiger partial charge in [0, 0.05) is 50.2 Å². The Morgan fingerprint density at radius 2 is 1.22 bits per heavy atom. The molecule has 2 aromatic rings. The third kappa shape index (κ3) is 20.4. The number of aliphatic hydroxyl groups is 11. The van der Waals surface area contributed by atoms with Crippen LogP contribution in [0.2, 0.25) is 0 Å². The van der Waals surface area contributed by atoms with E-state index < -0.39 is 147 Å². The molecule has 2 bridgehead atoms. The first-order chi connectivity index (χ1) is 41.1. The van der Waals surface area contributed by atoms with Crippen molar-refractivity contribution in [3.05, 3.63) is 145 Å². The Bertz CT molecular complexity index is 2630. The van der Waals surface area contributed by atoms with Crippen LogP contribution in [0.5, 0.6) is 0 Å². The molecule has 1 aliphatic carbocycles. The average molecular weight is 1200 g/mol. The zero-order chi connectivity index (χ0) is 62.5. The topological polar surface area (TPSA) is 344 Å². The summed E-state index contributed by atoms with van der Waals surface area (Å²) in [6, 6.07) is 14.2. The smallest absolute Gasteiger partial charge is 0.407 e. The van der Waals surface area contributed by atoms with Crippen LogP contribution in [-0.2, 0) is 33.3 Å². The fraction of sp³-hybridized carbons (Fsp3) is 0.554. The Labute approximate surface area is 503 Å². The minimum Gasteiger partial charge on any atom is -0.462 e. The number of fused-ring (bicyclic) bond motifs is 5. The highest BCUT2D eigenvalue weighted by Crippen LogP contribution is 2.45. The fourth-order valence-corrected chi connectivity index (χ4v) is 11.3. The lowest BCUT2D eigenvalue weighted by molar-refractivity contribution is -0.309. The van der Waals surface area contributed by atoms with Gasteiger partial charge in [-0.25, -0.2) is 4.79 Å². The summed E-state index contributed by atoms with van der Waals surface area (Å²) in [7, 11) is 0. The number of carbonyl (C=O) groups excluding carboxylic acids is 3. The number of rotatable bonds is 9. The van der Waals surface area contributed by atoms with E-state index in [-0.39, 0.29) is 70.1 Å². The second-order valence-corrected chi connectivity index (χ2v) is 23.0. The van der Waals surface area contributed by atoms with E-state index in [9.17, 15) is 70.6 Å². The summed E-state index contributed by atoms with van der Waals surface area (Å²) in [4.78, 5) is 40.3. The van der Waals surface area contributed by atoms with Gasteiger partial charge in [-0.2, -0.15) is 0 Å². The van der Waals surface area contributed by atoms with Gasteiger partial charge in [0.2, 0.25) is 5.91 Å². The van der Waals surface area contributed by atoms with Crippen molar-refractivity contribution >= 4 is 18.0 Å². The molecule has 6 rings (SSSR count). The Balaban J connectivity index is 1.23. The maximum absolute atomic E-state index is 13.9. The number of alkyl carbamates (subject to hydrolysis) is 1. The molecule has 0 radical (unpaired) electrons. The summed E-state index contributed by atoms with van der Waals surface area (Å²) in [6.07, 6.45) is 1.75. The lowest BCUT2D eigenvalue weighted by atomic mass is 9.82. The van der Waals surface area contributed by atoms with Crippen LogP contribution in [0.4, 0.5) is 4.79 Å². The van der Waals surface area contributed by atoms with E-state index >= 15 is 0 Å². The summed E-state index contributed by atoms with van der Waals surface area (Å²) < 4.78 is 30.0. The maximum Gasteiger partial charge on any atom is 0.407 e. The van der Waals surface area contributed by atoms with Gasteiger partial charge in [0.05, 0.1) is 79.4 Å². The highest BCUT2D eigenvalue weighted by molar-refractivity contribution is 5.80. The van der Waals surface area contributed by atoms with Crippen molar-refractivity contribution < 1.29 is 94.2 Å². The van der Waals surface area contributed by atoms with Crippen molar-refractivity contribution in [3.63, 3.8) is 0 Å². The highest BCUT2D eigenvalue weighted by Gasteiger charge is 2.51. The number of ether oxygens (including phenoxy) is 5. The second-order valence-electron chi connectivity index (χ2n) is 23.0. The molecule has 3 aliphatic heterocycles. The molecule has 0 saturated carbocycles. The molecule has 2 fully saturated rings. The number of nitrogens with one attached hydrogen (secondary N) is 2. The van der Waals surface area contributed by atoms with Crippen LogP contribution in [0.25, 0.3) is 11.1 Å². The van der Waals surface area contributed by atoms with Crippen molar-refractivity contribution in [2.24, 2.45) is 17.8 Å². The standard InChI is InChI=1S/C65H90N2O19/c1-39-22-15-13-11-9-7-5-6-8-10-12-14-16-23-46(85-63-61(78)58(60(77)42(4)84-63)67-64(80)82-38-51-49-26-19-17-24-47(49)48-25-18-20-27-50(48)51)35-55-57(62(79)66-30-21-31-68)54(74)37-65(81,86-55)36-53(73)52(72)29-28-43(69)32-44(70)33-45(71)34-56(75)83-41(3)40(2)59(39)76/h5-20,22-27,39-46,51-55,57-61,63,68-74,76-78,81H,21,28-38H2,1-4H3,(H,66,79)(H,67,80)/b6-5+,9-7+,10-8+,13-11+,14-12+,22-15+,23-16+/t39-,40-,41-,42+,43+,44+,45+,46-,52+,53+,54-,55-,57+,58-,59+,60+,61-,63-,65+/m0/s1. The highest BCUT2D eigenvalue weighted by atomic mass is 16.7. The van der Waals surface area contributed by atoms with E-state index in [1.165, 1.54) is 6.92 Å². The van der Waals surface area contributed by atoms with E-state index in [4.69, 9.17) is 23.7 Å². The lowest BCUT2D eigenvalue weighted by Crippen LogP contribution is -2.64. The van der Waals surface area contributed by atoms with Gasteiger partial charge in [0.1, 0.15) is 24.9 Å². The normalized spacial score (nSPS) is 37.6. The number of carbonyl (C=O) groups is 3. The first-order valence-corrected chi connectivity index (χ1v) is 29.8. The fourth-order valence-electron chi connectivity index (χ4n) is 11.3. The number of hydrogen-bond donors (Lipinski definition) is 13. The van der Waals surface area contributed by atoms with Gasteiger partial charge in [-0.15, -0.1) is 0 Å². The number of esters is 1. The van der Waals surface area contributed by atoms with Crippen LogP contribution in [0.15, 0.2) is 134 Å². The number of hydrogen-bond acceptors (Lipinski definition) is 19. The summed E-state index contributed by atoms with van der Waals surface area (Å²) in [5, 5.41) is 127. The van der Waals surface area contributed by atoms with Crippen LogP contribution >= 0.6 is 0 Å². The first kappa shape index (κ1) is 69.4. The van der Waals surface area contributed by atoms with Gasteiger partial charge in [-0.05, 0) is 68.2 Å². The van der Waals surface area contributed by atoms with Crippen LogP contribution < -0.4 is 10.6 Å². The Hall–Kier alpha value is -5.73. The predicted molar refractivity (Wildman–Crippen MR) is 318 cm³/mol. The van der Waals surface area contributed by atoms with Gasteiger partial charge in [-0.1, -0.05) is 147 Å². The largest absolute Gasteiger partial charge is 0.462 e. The Morgan fingerprint density at radius 3 is 1.84 bits per heavy atom. The van der Waals surface area contributed by atoms with E-state index in [2.05, 4.69) is 10.6 Å². The van der Waals surface area contributed by atoms with E-state index in [0.717, 1.165) is 22.3 Å². The molecule has 2 saturated heterocycles. The quantitative estimate of drug-likeness (QED) is 0.126. The molecule has 21 nitrogen and oxygen atoms in total. The van der Waals surface area contributed by atoms with Crippen molar-refractivity contribution in [1.29, 1.82) is 0 Å². The van der Waals surface area contributed by atoms with Gasteiger partial charge in [0.15, 0.2) is 12.1 Å². The lowest BCUT2D eigenvalue weighted by Gasteiger charge is -2.46. The minimum atomic E-state index is -2.39. The predicted octanol–water partition coefficient (Wildman–Crippen LogP) is 3.71. The van der Waals surface area contributed by atoms with Crippen molar-refractivity contribution in [2.75, 3.05) is 19.8 Å². The molecular weight excluding hydrogens is 1110 g/mol. The zero-order valence-electron chi connectivity index (χ0n) is 49.3. The number of aliphatic hydroxyl groups excluding tert-OH is 10. The molecule has 86 heavy (non-hydrogen) atoms. The van der Waals surface area contributed by atoms with Crippen molar-refractivity contribution in [3.8, 4) is 11.1 Å². The third-order valence-corrected chi connectivity index (χ3v) is 16.3. The summed E-state index contributed by atoms with van der Waals surface area (Å²) in [5.74, 6) is -6.30. The van der Waals surface area contributed by atoms with Gasteiger partial charge >= 0.3 is 12.1 Å². The van der Waals surface area contributed by atoms with E-state index in [1.807, 2.05) is 67.6 Å². The number of cyclic esters (lactones) is 1. The monoisotopic (exact) mass is 1200 g/mol. The molecular formula is C65H90N2O19. The molecule has 474 valence electrons. The van der Waals surface area contributed by atoms with Gasteiger partial charge in [-0.3, -0.25) is 9.59 Å². The molecule has 2 amide bonds. The molecule has 13 N–H and O–H groups in total. The van der Waals surface area contributed by atoms with Crippen LogP contribution in [-0.4, -0.2) is 191 Å². The molecule has 0 aromatic heterocycles. The number of allylic oxidation sites excluding steroid dienone is 12. The molecule has 2 aromatic carbocycles. The van der Waals surface area contributed by atoms with E-state index in [1.54, 1.807) is 86.8 Å². The van der Waals surface area contributed by atoms with Crippen LogP contribution in [0.3, 0.4) is 0 Å². The molecule has 0 unspecified atom stereocenters. The second kappa shape index (κ2) is 34.1. The molecule has 4 aliphatic rings. The van der Waals surface area contributed by atoms with Gasteiger partial charge < -0.3 is 90.5 Å². The zero-order valence-corrected chi connectivity index (χ0v) is 49.3. The average Bonchev–Trinajstić information content (AvgIpc) is 1.56. The number of amides is 2. The molecule has 0 spiro atoms. The van der Waals surface area contributed by atoms with Crippen molar-refractivity contribution in [1.82, 2.24) is 10.6 Å². The molecule has 19 atom stereocenters. The van der Waals surface area contributed by atoms with Crippen molar-refractivity contribution in [2.45, 2.75) is 189 Å². The van der Waals surface area contributed by atoms with Gasteiger partial charge in [0.25, 0.3) is 0 Å². The van der Waals surface area contributed by atoms with Crippen LogP contribution in [0.1, 0.15) is 103 Å². The first-order valence-electron chi connectivity index (χ1n) is 29.8.